The number of hydrogen-bond acceptors (Lipinski definition) is 3. The van der Waals surface area contributed by atoms with Gasteiger partial charge in [0.15, 0.2) is 0 Å². The van der Waals surface area contributed by atoms with Crippen LogP contribution in [0.5, 0.6) is 0 Å². The lowest BCUT2D eigenvalue weighted by atomic mass is 9.82. The molecule has 0 fully saturated rings. The van der Waals surface area contributed by atoms with Crippen molar-refractivity contribution in [3.05, 3.63) is 12.0 Å². The van der Waals surface area contributed by atoms with E-state index in [4.69, 9.17) is 0 Å². The minimum Gasteiger partial charge on any atom is -0.309 e. The molecule has 0 radical (unpaired) electrons. The highest BCUT2D eigenvalue weighted by molar-refractivity contribution is 7.92. The van der Waals surface area contributed by atoms with Crippen LogP contribution in [-0.4, -0.2) is 40.5 Å². The van der Waals surface area contributed by atoms with Gasteiger partial charge in [-0.05, 0) is 32.4 Å². The van der Waals surface area contributed by atoms with Crippen molar-refractivity contribution < 1.29 is 8.42 Å². The monoisotopic (exact) mass is 248 g/mol. The van der Waals surface area contributed by atoms with Crippen LogP contribution < -0.4 is 4.72 Å². The van der Waals surface area contributed by atoms with E-state index in [9.17, 15) is 8.42 Å². The molecule has 0 saturated heterocycles. The van der Waals surface area contributed by atoms with Gasteiger partial charge in [-0.25, -0.2) is 13.1 Å². The van der Waals surface area contributed by atoms with Crippen molar-refractivity contribution in [1.82, 2.24) is 9.62 Å². The second-order valence-corrected chi connectivity index (χ2v) is 6.19. The topological polar surface area (TPSA) is 49.4 Å². The molecule has 0 aromatic carbocycles. The van der Waals surface area contributed by atoms with Crippen molar-refractivity contribution >= 4 is 10.0 Å². The maximum Gasteiger partial charge on any atom is 0.233 e. The van der Waals surface area contributed by atoms with Crippen LogP contribution in [0.25, 0.3) is 0 Å². The summed E-state index contributed by atoms with van der Waals surface area (Å²) in [5, 5.41) is 0.957. The lowest BCUT2D eigenvalue weighted by Crippen LogP contribution is -2.42. The van der Waals surface area contributed by atoms with Crippen LogP contribution in [0.15, 0.2) is 12.0 Å². The SMILES string of the molecule is C=CS(=O)(=O)NCC(CC)(CC)CN(C)C. The van der Waals surface area contributed by atoms with Gasteiger partial charge in [-0.3, -0.25) is 0 Å². The Morgan fingerprint density at radius 1 is 1.31 bits per heavy atom. The lowest BCUT2D eigenvalue weighted by Gasteiger charge is -2.34. The van der Waals surface area contributed by atoms with Gasteiger partial charge < -0.3 is 4.90 Å². The minimum atomic E-state index is -3.31. The molecule has 0 amide bonds. The molecule has 0 atom stereocenters. The summed E-state index contributed by atoms with van der Waals surface area (Å²) in [4.78, 5) is 2.09. The van der Waals surface area contributed by atoms with Crippen molar-refractivity contribution in [2.45, 2.75) is 26.7 Å². The molecule has 0 aromatic rings. The van der Waals surface area contributed by atoms with E-state index in [2.05, 4.69) is 30.0 Å². The molecular formula is C11H24N2O2S. The largest absolute Gasteiger partial charge is 0.309 e. The molecular weight excluding hydrogens is 224 g/mol. The lowest BCUT2D eigenvalue weighted by molar-refractivity contribution is 0.183. The Bertz CT molecular complexity index is 306. The minimum absolute atomic E-state index is 0.000417. The molecule has 0 heterocycles. The summed E-state index contributed by atoms with van der Waals surface area (Å²) in [5.74, 6) is 0. The third-order valence-corrected chi connectivity index (χ3v) is 4.00. The summed E-state index contributed by atoms with van der Waals surface area (Å²) in [6, 6.07) is 0. The van der Waals surface area contributed by atoms with Crippen LogP contribution in [0, 0.1) is 5.41 Å². The third-order valence-electron chi connectivity index (χ3n) is 3.02. The van der Waals surface area contributed by atoms with Gasteiger partial charge in [0.1, 0.15) is 0 Å². The highest BCUT2D eigenvalue weighted by Crippen LogP contribution is 2.26. The maximum absolute atomic E-state index is 11.3. The highest BCUT2D eigenvalue weighted by atomic mass is 32.2. The molecule has 0 saturated carbocycles. The van der Waals surface area contributed by atoms with Crippen molar-refractivity contribution in [2.24, 2.45) is 5.41 Å². The van der Waals surface area contributed by atoms with E-state index in [1.165, 1.54) is 0 Å². The molecule has 4 nitrogen and oxygen atoms in total. The van der Waals surface area contributed by atoms with Crippen molar-refractivity contribution in [3.63, 3.8) is 0 Å². The molecule has 0 spiro atoms. The zero-order valence-corrected chi connectivity index (χ0v) is 11.6. The molecule has 5 heteroatoms. The second-order valence-electron chi connectivity index (χ2n) is 4.48. The first kappa shape index (κ1) is 15.6. The molecule has 96 valence electrons. The zero-order valence-electron chi connectivity index (χ0n) is 10.8. The second kappa shape index (κ2) is 6.37. The van der Waals surface area contributed by atoms with E-state index >= 15 is 0 Å². The first-order valence-corrected chi connectivity index (χ1v) is 7.12. The number of sulfonamides is 1. The molecule has 0 bridgehead atoms. The van der Waals surface area contributed by atoms with E-state index < -0.39 is 10.0 Å². The van der Waals surface area contributed by atoms with E-state index in [-0.39, 0.29) is 5.41 Å². The van der Waals surface area contributed by atoms with Gasteiger partial charge in [0.2, 0.25) is 10.0 Å². The number of hydrogen-bond donors (Lipinski definition) is 1. The fourth-order valence-electron chi connectivity index (χ4n) is 1.76. The molecule has 16 heavy (non-hydrogen) atoms. The van der Waals surface area contributed by atoms with Gasteiger partial charge in [0.05, 0.1) is 0 Å². The Kier molecular flexibility index (Phi) is 6.22. The molecule has 0 aromatic heterocycles. The van der Waals surface area contributed by atoms with Crippen molar-refractivity contribution in [2.75, 3.05) is 27.2 Å². The van der Waals surface area contributed by atoms with E-state index in [1.54, 1.807) is 0 Å². The first-order valence-electron chi connectivity index (χ1n) is 5.57. The Balaban J connectivity index is 4.62. The van der Waals surface area contributed by atoms with E-state index in [0.717, 1.165) is 24.8 Å². The smallest absolute Gasteiger partial charge is 0.233 e. The van der Waals surface area contributed by atoms with E-state index in [1.807, 2.05) is 14.1 Å². The normalized spacial score (nSPS) is 13.1. The van der Waals surface area contributed by atoms with E-state index in [0.29, 0.717) is 6.54 Å². The standard InChI is InChI=1S/C11H24N2O2S/c1-6-11(7-2,10-13(4)5)9-12-16(14,15)8-3/h8,12H,3,6-7,9-10H2,1-2,4-5H3. The molecule has 0 aliphatic rings. The summed E-state index contributed by atoms with van der Waals surface area (Å²) in [6.07, 6.45) is 1.89. The van der Waals surface area contributed by atoms with Crippen LogP contribution in [0.4, 0.5) is 0 Å². The predicted molar refractivity (Wildman–Crippen MR) is 68.7 cm³/mol. The summed E-state index contributed by atoms with van der Waals surface area (Å²) in [6.45, 7) is 8.81. The van der Waals surface area contributed by atoms with Crippen LogP contribution in [0.1, 0.15) is 26.7 Å². The van der Waals surface area contributed by atoms with Crippen LogP contribution in [0.2, 0.25) is 0 Å². The number of nitrogens with zero attached hydrogens (tertiary/aromatic N) is 1. The van der Waals surface area contributed by atoms with Gasteiger partial charge in [-0.1, -0.05) is 20.4 Å². The quantitative estimate of drug-likeness (QED) is 0.707. The Hall–Kier alpha value is -0.390. The molecule has 0 aliphatic carbocycles. The average Bonchev–Trinajstić information content (AvgIpc) is 2.24. The molecule has 0 unspecified atom stereocenters. The van der Waals surface area contributed by atoms with Crippen LogP contribution in [-0.2, 0) is 10.0 Å². The molecule has 1 N–H and O–H groups in total. The summed E-state index contributed by atoms with van der Waals surface area (Å²) in [5.41, 5.74) is -0.000417. The fourth-order valence-corrected chi connectivity index (χ4v) is 2.39. The Morgan fingerprint density at radius 3 is 2.12 bits per heavy atom. The predicted octanol–water partition coefficient (Wildman–Crippen LogP) is 1.42. The van der Waals surface area contributed by atoms with Gasteiger partial charge in [-0.2, -0.15) is 0 Å². The summed E-state index contributed by atoms with van der Waals surface area (Å²) >= 11 is 0. The van der Waals surface area contributed by atoms with Crippen molar-refractivity contribution in [1.29, 1.82) is 0 Å². The maximum atomic E-state index is 11.3. The van der Waals surface area contributed by atoms with Crippen LogP contribution >= 0.6 is 0 Å². The number of rotatable bonds is 8. The number of nitrogens with one attached hydrogen (secondary N) is 1. The third kappa shape index (κ3) is 5.09. The summed E-state index contributed by atoms with van der Waals surface area (Å²) in [7, 11) is 0.691. The van der Waals surface area contributed by atoms with Gasteiger partial charge in [0.25, 0.3) is 0 Å². The Morgan fingerprint density at radius 2 is 1.81 bits per heavy atom. The highest BCUT2D eigenvalue weighted by Gasteiger charge is 2.28. The fraction of sp³-hybridized carbons (Fsp3) is 0.818. The molecule has 0 rings (SSSR count). The first-order chi connectivity index (χ1) is 7.31. The van der Waals surface area contributed by atoms with Gasteiger partial charge >= 0.3 is 0 Å². The van der Waals surface area contributed by atoms with Gasteiger partial charge in [0, 0.05) is 18.5 Å². The Labute approximate surface area is 99.8 Å². The molecule has 0 aliphatic heterocycles. The average molecular weight is 248 g/mol. The van der Waals surface area contributed by atoms with Crippen molar-refractivity contribution in [3.8, 4) is 0 Å². The zero-order chi connectivity index (χ0) is 12.8. The van der Waals surface area contributed by atoms with Crippen LogP contribution in [0.3, 0.4) is 0 Å². The summed E-state index contributed by atoms with van der Waals surface area (Å²) < 4.78 is 25.2. The van der Waals surface area contributed by atoms with Gasteiger partial charge in [-0.15, -0.1) is 0 Å².